The molecule has 3 heterocycles. The third kappa shape index (κ3) is 5.16. The van der Waals surface area contributed by atoms with Crippen LogP contribution in [0.4, 0.5) is 19.4 Å². The summed E-state index contributed by atoms with van der Waals surface area (Å²) in [6, 6.07) is 12.8. The van der Waals surface area contributed by atoms with Crippen molar-refractivity contribution in [2.45, 2.75) is 18.9 Å². The number of aryl methyl sites for hydroxylation is 1. The van der Waals surface area contributed by atoms with Gasteiger partial charge in [-0.3, -0.25) is 19.6 Å². The lowest BCUT2D eigenvalue weighted by Gasteiger charge is -2.21. The van der Waals surface area contributed by atoms with Crippen LogP contribution in [0, 0.1) is 18.6 Å². The maximum absolute atomic E-state index is 14.0. The number of carbonyl (C=O) groups excluding carboxylic acids is 1. The summed E-state index contributed by atoms with van der Waals surface area (Å²) in [6.45, 7) is 4.17. The zero-order valence-electron chi connectivity index (χ0n) is 20.6. The van der Waals surface area contributed by atoms with Crippen LogP contribution in [0.3, 0.4) is 0 Å². The lowest BCUT2D eigenvalue weighted by Crippen LogP contribution is -2.42. The normalized spacial score (nSPS) is 17.8. The molecule has 1 saturated heterocycles. The van der Waals surface area contributed by atoms with E-state index in [4.69, 9.17) is 9.72 Å². The number of nitrogens with zero attached hydrogens (tertiary/aromatic N) is 4. The number of anilines is 1. The fraction of sp³-hybridized carbons (Fsp3) is 0.296. The fourth-order valence-electron chi connectivity index (χ4n) is 4.85. The number of hydrogen-bond acceptors (Lipinski definition) is 5. The minimum absolute atomic E-state index is 0.222. The van der Waals surface area contributed by atoms with Gasteiger partial charge in [-0.25, -0.2) is 18.6 Å². The van der Waals surface area contributed by atoms with Crippen LogP contribution in [0.25, 0.3) is 16.9 Å². The van der Waals surface area contributed by atoms with Crippen molar-refractivity contribution >= 4 is 17.5 Å². The Labute approximate surface area is 213 Å². The third-order valence-electron chi connectivity index (χ3n) is 6.69. The minimum Gasteiger partial charge on any atom is -0.383 e. The van der Waals surface area contributed by atoms with Crippen molar-refractivity contribution in [1.29, 1.82) is 0 Å². The first-order chi connectivity index (χ1) is 17.9. The Hall–Kier alpha value is -3.89. The van der Waals surface area contributed by atoms with E-state index < -0.39 is 17.7 Å². The standard InChI is InChI=1S/C27H28F2N6O2/c1-17-25-32-24(18-6-4-3-5-7-18)26(35(25)11-10-30-17)33-27(36)31-23-16-34(12-13-37-2)15-20(23)19-8-9-21(28)22(29)14-19/h3-11,14,20,23H,12-13,15-16H2,1-2H3,(H2,31,33,36)/t20-,23+/m0/s1. The van der Waals surface area contributed by atoms with Gasteiger partial charge in [0.25, 0.3) is 0 Å². The molecule has 0 radical (unpaired) electrons. The molecule has 8 nitrogen and oxygen atoms in total. The number of amides is 2. The SMILES string of the molecule is COCCN1C[C@@H](NC(=O)Nc2c(-c3ccccc3)nc3c(C)nccn23)[C@H](c2ccc(F)c(F)c2)C1. The molecule has 37 heavy (non-hydrogen) atoms. The van der Waals surface area contributed by atoms with E-state index in [1.54, 1.807) is 30.0 Å². The number of urea groups is 1. The number of hydrogen-bond donors (Lipinski definition) is 2. The number of ether oxygens (including phenoxy) is 1. The summed E-state index contributed by atoms with van der Waals surface area (Å²) in [5.41, 5.74) is 3.48. The summed E-state index contributed by atoms with van der Waals surface area (Å²) in [4.78, 5) is 24.6. The van der Waals surface area contributed by atoms with Gasteiger partial charge in [0.2, 0.25) is 0 Å². The molecule has 0 unspecified atom stereocenters. The van der Waals surface area contributed by atoms with Crippen molar-refractivity contribution < 1.29 is 18.3 Å². The van der Waals surface area contributed by atoms with E-state index in [9.17, 15) is 13.6 Å². The largest absolute Gasteiger partial charge is 0.383 e. The van der Waals surface area contributed by atoms with Crippen LogP contribution in [-0.2, 0) is 4.74 Å². The summed E-state index contributed by atoms with van der Waals surface area (Å²) >= 11 is 0. The van der Waals surface area contributed by atoms with Gasteiger partial charge in [-0.1, -0.05) is 36.4 Å². The predicted octanol–water partition coefficient (Wildman–Crippen LogP) is 4.22. The van der Waals surface area contributed by atoms with Crippen LogP contribution < -0.4 is 10.6 Å². The van der Waals surface area contributed by atoms with Crippen molar-refractivity contribution in [3.05, 3.63) is 83.8 Å². The second-order valence-electron chi connectivity index (χ2n) is 9.12. The second kappa shape index (κ2) is 10.6. The number of benzene rings is 2. The number of methoxy groups -OCH3 is 1. The number of nitrogens with one attached hydrogen (secondary N) is 2. The molecule has 1 aliphatic heterocycles. The highest BCUT2D eigenvalue weighted by Crippen LogP contribution is 2.31. The van der Waals surface area contributed by atoms with E-state index in [1.165, 1.54) is 6.07 Å². The number of carbonyl (C=O) groups is 1. The molecule has 0 bridgehead atoms. The first-order valence-corrected chi connectivity index (χ1v) is 12.1. The Kier molecular flexibility index (Phi) is 7.11. The zero-order valence-corrected chi connectivity index (χ0v) is 20.6. The molecule has 2 aromatic carbocycles. The zero-order chi connectivity index (χ0) is 25.9. The van der Waals surface area contributed by atoms with Crippen molar-refractivity contribution in [2.75, 3.05) is 38.7 Å². The van der Waals surface area contributed by atoms with E-state index in [0.717, 1.165) is 17.3 Å². The topological polar surface area (TPSA) is 83.8 Å². The van der Waals surface area contributed by atoms with Gasteiger partial charge in [0.1, 0.15) is 11.5 Å². The summed E-state index contributed by atoms with van der Waals surface area (Å²) in [5, 5.41) is 6.04. The summed E-state index contributed by atoms with van der Waals surface area (Å²) in [7, 11) is 1.63. The molecule has 0 saturated carbocycles. The molecular weight excluding hydrogens is 478 g/mol. The van der Waals surface area contributed by atoms with Crippen LogP contribution in [0.15, 0.2) is 60.9 Å². The lowest BCUT2D eigenvalue weighted by atomic mass is 9.94. The van der Waals surface area contributed by atoms with E-state index >= 15 is 0 Å². The number of imidazole rings is 1. The molecule has 10 heteroatoms. The number of likely N-dealkylation sites (tertiary alicyclic amines) is 1. The van der Waals surface area contributed by atoms with E-state index in [2.05, 4.69) is 20.5 Å². The summed E-state index contributed by atoms with van der Waals surface area (Å²) < 4.78 is 34.6. The molecule has 2 atom stereocenters. The molecule has 0 aliphatic carbocycles. The molecule has 2 amide bonds. The molecule has 5 rings (SSSR count). The molecule has 2 N–H and O–H groups in total. The summed E-state index contributed by atoms with van der Waals surface area (Å²) in [5.74, 6) is -1.51. The van der Waals surface area contributed by atoms with Gasteiger partial charge < -0.3 is 10.1 Å². The Morgan fingerprint density at radius 1 is 1.14 bits per heavy atom. The van der Waals surface area contributed by atoms with Gasteiger partial charge in [-0.15, -0.1) is 0 Å². The van der Waals surface area contributed by atoms with Gasteiger partial charge in [0.15, 0.2) is 17.3 Å². The van der Waals surface area contributed by atoms with Crippen LogP contribution in [0.5, 0.6) is 0 Å². The van der Waals surface area contributed by atoms with Crippen LogP contribution in [-0.4, -0.2) is 64.7 Å². The van der Waals surface area contributed by atoms with Gasteiger partial charge in [-0.2, -0.15) is 0 Å². The molecule has 1 aliphatic rings. The highest BCUT2D eigenvalue weighted by Gasteiger charge is 2.35. The number of halogens is 2. The first-order valence-electron chi connectivity index (χ1n) is 12.1. The Morgan fingerprint density at radius 2 is 1.95 bits per heavy atom. The smallest absolute Gasteiger partial charge is 0.320 e. The highest BCUT2D eigenvalue weighted by molar-refractivity contribution is 5.94. The van der Waals surface area contributed by atoms with Crippen molar-refractivity contribution in [3.63, 3.8) is 0 Å². The van der Waals surface area contributed by atoms with Crippen LogP contribution in [0.1, 0.15) is 17.2 Å². The quantitative estimate of drug-likeness (QED) is 0.392. The van der Waals surface area contributed by atoms with Crippen LogP contribution >= 0.6 is 0 Å². The van der Waals surface area contributed by atoms with Crippen LogP contribution in [0.2, 0.25) is 0 Å². The maximum Gasteiger partial charge on any atom is 0.320 e. The minimum atomic E-state index is -0.904. The van der Waals surface area contributed by atoms with E-state index in [1.807, 2.05) is 37.3 Å². The first kappa shape index (κ1) is 24.8. The average molecular weight is 507 g/mol. The maximum atomic E-state index is 14.0. The molecule has 0 spiro atoms. The third-order valence-corrected chi connectivity index (χ3v) is 6.69. The van der Waals surface area contributed by atoms with Crippen molar-refractivity contribution in [3.8, 4) is 11.3 Å². The predicted molar refractivity (Wildman–Crippen MR) is 137 cm³/mol. The molecule has 192 valence electrons. The van der Waals surface area contributed by atoms with Gasteiger partial charge >= 0.3 is 6.03 Å². The van der Waals surface area contributed by atoms with Crippen molar-refractivity contribution in [1.82, 2.24) is 24.6 Å². The number of rotatable bonds is 7. The van der Waals surface area contributed by atoms with Gasteiger partial charge in [0, 0.05) is 50.6 Å². The Balaban J connectivity index is 1.42. The van der Waals surface area contributed by atoms with Crippen molar-refractivity contribution in [2.24, 2.45) is 0 Å². The summed E-state index contributed by atoms with van der Waals surface area (Å²) in [6.07, 6.45) is 3.41. The second-order valence-corrected chi connectivity index (χ2v) is 9.12. The van der Waals surface area contributed by atoms with E-state index in [-0.39, 0.29) is 12.0 Å². The highest BCUT2D eigenvalue weighted by atomic mass is 19.2. The number of aromatic nitrogens is 3. The molecule has 2 aromatic heterocycles. The Bertz CT molecular complexity index is 1410. The number of fused-ring (bicyclic) bond motifs is 1. The molecule has 4 aromatic rings. The van der Waals surface area contributed by atoms with Gasteiger partial charge in [0.05, 0.1) is 18.3 Å². The molecule has 1 fully saturated rings. The van der Waals surface area contributed by atoms with E-state index in [0.29, 0.717) is 49.0 Å². The average Bonchev–Trinajstić information content (AvgIpc) is 3.47. The molecular formula is C27H28F2N6O2. The fourth-order valence-corrected chi connectivity index (χ4v) is 4.85. The van der Waals surface area contributed by atoms with Gasteiger partial charge in [-0.05, 0) is 24.6 Å². The lowest BCUT2D eigenvalue weighted by molar-refractivity contribution is 0.159. The monoisotopic (exact) mass is 506 g/mol. The Morgan fingerprint density at radius 3 is 2.70 bits per heavy atom.